The lowest BCUT2D eigenvalue weighted by atomic mass is 10.0. The van der Waals surface area contributed by atoms with Crippen LogP contribution in [0.25, 0.3) is 17.2 Å². The summed E-state index contributed by atoms with van der Waals surface area (Å²) in [5.41, 5.74) is 2.03. The number of methoxy groups -OCH3 is 1. The predicted octanol–water partition coefficient (Wildman–Crippen LogP) is 4.76. The fourth-order valence-corrected chi connectivity index (χ4v) is 3.65. The van der Waals surface area contributed by atoms with Crippen LogP contribution in [0.1, 0.15) is 21.0 Å². The molecule has 0 radical (unpaired) electrons. The molecule has 0 unspecified atom stereocenters. The number of esters is 1. The molecule has 1 aromatic carbocycles. The summed E-state index contributed by atoms with van der Waals surface area (Å²) >= 11 is 1.34. The molecule has 0 atom stereocenters. The molecule has 3 rings (SSSR count). The van der Waals surface area contributed by atoms with Crippen LogP contribution in [0.5, 0.6) is 0 Å². The number of carbonyl (C=O) groups excluding carboxylic acids is 2. The third-order valence-electron chi connectivity index (χ3n) is 3.72. The van der Waals surface area contributed by atoms with Crippen molar-refractivity contribution in [3.8, 4) is 11.1 Å². The molecule has 0 aliphatic carbocycles. The normalized spacial score (nSPS) is 10.8. The molecular formula is C20H17NO4S. The Hall–Kier alpha value is -3.12. The predicted molar refractivity (Wildman–Crippen MR) is 102 cm³/mol. The molecule has 0 saturated carbocycles. The molecule has 26 heavy (non-hydrogen) atoms. The molecule has 6 heteroatoms. The highest BCUT2D eigenvalue weighted by molar-refractivity contribution is 7.17. The molecule has 0 fully saturated rings. The summed E-state index contributed by atoms with van der Waals surface area (Å²) in [5, 5.41) is 3.23. The largest absolute Gasteiger partial charge is 0.465 e. The van der Waals surface area contributed by atoms with Crippen LogP contribution in [0.3, 0.4) is 0 Å². The van der Waals surface area contributed by atoms with E-state index in [9.17, 15) is 9.59 Å². The Labute approximate surface area is 154 Å². The van der Waals surface area contributed by atoms with Crippen LogP contribution in [-0.2, 0) is 9.53 Å². The van der Waals surface area contributed by atoms with Gasteiger partial charge in [0.25, 0.3) is 0 Å². The lowest BCUT2D eigenvalue weighted by Gasteiger charge is -2.07. The van der Waals surface area contributed by atoms with Crippen LogP contribution in [0.15, 0.2) is 59.2 Å². The summed E-state index contributed by atoms with van der Waals surface area (Å²) in [6, 6.07) is 13.0. The van der Waals surface area contributed by atoms with Gasteiger partial charge in [-0.15, -0.1) is 11.3 Å². The van der Waals surface area contributed by atoms with Crippen molar-refractivity contribution >= 4 is 34.3 Å². The maximum atomic E-state index is 12.4. The van der Waals surface area contributed by atoms with Crippen molar-refractivity contribution in [3.05, 3.63) is 71.0 Å². The molecule has 3 aromatic rings. The maximum Gasteiger partial charge on any atom is 0.341 e. The lowest BCUT2D eigenvalue weighted by molar-refractivity contribution is -0.111. The first-order chi connectivity index (χ1) is 12.6. The summed E-state index contributed by atoms with van der Waals surface area (Å²) < 4.78 is 10.1. The number of hydrogen-bond acceptors (Lipinski definition) is 5. The molecule has 0 saturated heterocycles. The highest BCUT2D eigenvalue weighted by atomic mass is 32.1. The van der Waals surface area contributed by atoms with E-state index in [1.165, 1.54) is 30.8 Å². The van der Waals surface area contributed by atoms with E-state index in [2.05, 4.69) is 5.32 Å². The van der Waals surface area contributed by atoms with Crippen LogP contribution in [0.4, 0.5) is 5.00 Å². The standard InChI is InChI=1S/C20H17NO4S/c1-13-17(14-7-4-3-5-8-14)18(20(23)24-2)19(26-13)21-16(22)11-10-15-9-6-12-25-15/h3-12H,1-2H3,(H,21,22)/b11-10+. The van der Waals surface area contributed by atoms with Crippen molar-refractivity contribution in [3.63, 3.8) is 0 Å². The van der Waals surface area contributed by atoms with Gasteiger partial charge < -0.3 is 14.5 Å². The van der Waals surface area contributed by atoms with Crippen molar-refractivity contribution in [1.82, 2.24) is 0 Å². The molecule has 0 aliphatic rings. The zero-order valence-corrected chi connectivity index (χ0v) is 15.1. The quantitative estimate of drug-likeness (QED) is 0.522. The third-order valence-corrected chi connectivity index (χ3v) is 4.74. The van der Waals surface area contributed by atoms with Crippen molar-refractivity contribution in [2.24, 2.45) is 0 Å². The molecule has 2 aromatic heterocycles. The Morgan fingerprint density at radius 2 is 1.92 bits per heavy atom. The molecule has 5 nitrogen and oxygen atoms in total. The van der Waals surface area contributed by atoms with Crippen molar-refractivity contribution in [2.45, 2.75) is 6.92 Å². The number of thiophene rings is 1. The van der Waals surface area contributed by atoms with Gasteiger partial charge in [0.1, 0.15) is 16.3 Å². The summed E-state index contributed by atoms with van der Waals surface area (Å²) in [4.78, 5) is 25.5. The number of amides is 1. The Balaban J connectivity index is 1.94. The van der Waals surface area contributed by atoms with Crippen LogP contribution in [-0.4, -0.2) is 19.0 Å². The van der Waals surface area contributed by atoms with Gasteiger partial charge in [-0.2, -0.15) is 0 Å². The Morgan fingerprint density at radius 1 is 1.15 bits per heavy atom. The topological polar surface area (TPSA) is 68.5 Å². The molecule has 1 N–H and O–H groups in total. The van der Waals surface area contributed by atoms with Crippen LogP contribution in [0, 0.1) is 6.92 Å². The first kappa shape index (κ1) is 17.7. The van der Waals surface area contributed by atoms with E-state index in [1.54, 1.807) is 18.2 Å². The number of carbonyl (C=O) groups is 2. The Bertz CT molecular complexity index is 940. The summed E-state index contributed by atoms with van der Waals surface area (Å²) in [7, 11) is 1.33. The lowest BCUT2D eigenvalue weighted by Crippen LogP contribution is -2.11. The average Bonchev–Trinajstić information content (AvgIpc) is 3.27. The number of hydrogen-bond donors (Lipinski definition) is 1. The second-order valence-electron chi connectivity index (χ2n) is 5.43. The summed E-state index contributed by atoms with van der Waals surface area (Å²) in [5.74, 6) is -0.272. The average molecular weight is 367 g/mol. The highest BCUT2D eigenvalue weighted by Gasteiger charge is 2.24. The second-order valence-corrected chi connectivity index (χ2v) is 6.66. The van der Waals surface area contributed by atoms with E-state index >= 15 is 0 Å². The Morgan fingerprint density at radius 3 is 2.58 bits per heavy atom. The Kier molecular flexibility index (Phi) is 5.34. The smallest absolute Gasteiger partial charge is 0.341 e. The minimum Gasteiger partial charge on any atom is -0.465 e. The molecule has 0 spiro atoms. The van der Waals surface area contributed by atoms with Gasteiger partial charge in [-0.1, -0.05) is 30.3 Å². The molecule has 132 valence electrons. The molecule has 0 aliphatic heterocycles. The first-order valence-corrected chi connectivity index (χ1v) is 8.71. The van der Waals surface area contributed by atoms with E-state index in [1.807, 2.05) is 37.3 Å². The molecular weight excluding hydrogens is 350 g/mol. The van der Waals surface area contributed by atoms with E-state index in [4.69, 9.17) is 9.15 Å². The minimum absolute atomic E-state index is 0.354. The zero-order valence-electron chi connectivity index (χ0n) is 14.3. The number of aryl methyl sites for hydroxylation is 1. The number of nitrogens with one attached hydrogen (secondary N) is 1. The number of benzene rings is 1. The number of ether oxygens (including phenoxy) is 1. The first-order valence-electron chi connectivity index (χ1n) is 7.90. The molecule has 0 bridgehead atoms. The van der Waals surface area contributed by atoms with Crippen molar-refractivity contribution in [2.75, 3.05) is 12.4 Å². The van der Waals surface area contributed by atoms with Crippen LogP contribution in [0.2, 0.25) is 0 Å². The minimum atomic E-state index is -0.487. The van der Waals surface area contributed by atoms with E-state index in [-0.39, 0.29) is 5.91 Å². The summed E-state index contributed by atoms with van der Waals surface area (Å²) in [6.45, 7) is 1.91. The highest BCUT2D eigenvalue weighted by Crippen LogP contribution is 2.40. The number of rotatable bonds is 5. The molecule has 1 amide bonds. The summed E-state index contributed by atoms with van der Waals surface area (Å²) in [6.07, 6.45) is 4.45. The van der Waals surface area contributed by atoms with Crippen molar-refractivity contribution in [1.29, 1.82) is 0 Å². The van der Waals surface area contributed by atoms with Gasteiger partial charge in [-0.05, 0) is 30.7 Å². The second kappa shape index (κ2) is 7.84. The molecule has 2 heterocycles. The maximum absolute atomic E-state index is 12.4. The van der Waals surface area contributed by atoms with E-state index < -0.39 is 5.97 Å². The van der Waals surface area contributed by atoms with Crippen molar-refractivity contribution < 1.29 is 18.7 Å². The fourth-order valence-electron chi connectivity index (χ4n) is 2.58. The van der Waals surface area contributed by atoms with E-state index in [0.29, 0.717) is 16.3 Å². The fraction of sp³-hybridized carbons (Fsp3) is 0.100. The van der Waals surface area contributed by atoms with Gasteiger partial charge in [-0.25, -0.2) is 4.79 Å². The van der Waals surface area contributed by atoms with Gasteiger partial charge in [0.15, 0.2) is 0 Å². The van der Waals surface area contributed by atoms with Gasteiger partial charge >= 0.3 is 5.97 Å². The third kappa shape index (κ3) is 3.75. The van der Waals surface area contributed by atoms with Gasteiger partial charge in [0.05, 0.1) is 13.4 Å². The number of furan rings is 1. The van der Waals surface area contributed by atoms with Crippen LogP contribution >= 0.6 is 11.3 Å². The van der Waals surface area contributed by atoms with Crippen LogP contribution < -0.4 is 5.32 Å². The monoisotopic (exact) mass is 367 g/mol. The van der Waals surface area contributed by atoms with Gasteiger partial charge in [0.2, 0.25) is 5.91 Å². The van der Waals surface area contributed by atoms with Gasteiger partial charge in [-0.3, -0.25) is 4.79 Å². The SMILES string of the molecule is COC(=O)c1c(NC(=O)/C=C/c2ccco2)sc(C)c1-c1ccccc1. The number of anilines is 1. The van der Waals surface area contributed by atoms with Gasteiger partial charge in [0, 0.05) is 16.5 Å². The van der Waals surface area contributed by atoms with E-state index in [0.717, 1.165) is 16.0 Å². The zero-order chi connectivity index (χ0) is 18.5.